The normalized spacial score (nSPS) is 11.9. The number of nitrogens with zero attached hydrogens (tertiary/aromatic N) is 1. The van der Waals surface area contributed by atoms with E-state index in [0.717, 1.165) is 4.90 Å². The molecule has 1 atom stereocenters. The molecule has 0 radical (unpaired) electrons. The molecular formula is C15H22Cl2N3O2+. The largest absolute Gasteiger partial charge is 0.338 e. The monoisotopic (exact) mass is 346 g/mol. The van der Waals surface area contributed by atoms with Crippen LogP contribution in [0.1, 0.15) is 13.8 Å². The van der Waals surface area contributed by atoms with Gasteiger partial charge in [-0.1, -0.05) is 29.3 Å². The van der Waals surface area contributed by atoms with Crippen LogP contribution in [0.2, 0.25) is 10.0 Å². The Hall–Kier alpha value is -1.30. The number of hydrogen-bond acceptors (Lipinski definition) is 2. The third kappa shape index (κ3) is 5.48. The van der Waals surface area contributed by atoms with Crippen molar-refractivity contribution in [3.63, 3.8) is 0 Å². The third-order valence-corrected chi connectivity index (χ3v) is 3.89. The van der Waals surface area contributed by atoms with Gasteiger partial charge in [-0.15, -0.1) is 0 Å². The van der Waals surface area contributed by atoms with E-state index in [2.05, 4.69) is 5.32 Å². The first kappa shape index (κ1) is 18.7. The maximum absolute atomic E-state index is 12.0. The van der Waals surface area contributed by atoms with E-state index in [1.54, 1.807) is 30.1 Å². The lowest BCUT2D eigenvalue weighted by Gasteiger charge is -2.21. The number of halogens is 2. The summed E-state index contributed by atoms with van der Waals surface area (Å²) in [6, 6.07) is 5.02. The first-order valence-corrected chi connectivity index (χ1v) is 7.97. The molecule has 0 aliphatic rings. The minimum atomic E-state index is -0.236. The Labute approximate surface area is 141 Å². The number of hydrogen-bond donors (Lipinski definition) is 2. The second-order valence-electron chi connectivity index (χ2n) is 5.02. The molecule has 1 aromatic carbocycles. The standard InChI is InChI=1S/C15H21Cl2N3O2/c1-4-20(5-2)14(22)10-19(3)9-13(21)18-15-11(16)7-6-8-12(15)17/h6-8H,4-5,9-10H2,1-3H3,(H,18,21)/p+1. The number of anilines is 1. The number of carbonyl (C=O) groups is 2. The topological polar surface area (TPSA) is 53.9 Å². The highest BCUT2D eigenvalue weighted by atomic mass is 35.5. The second kappa shape index (κ2) is 8.98. The molecule has 0 aliphatic carbocycles. The van der Waals surface area contributed by atoms with Gasteiger partial charge < -0.3 is 15.1 Å². The summed E-state index contributed by atoms with van der Waals surface area (Å²) >= 11 is 12.0. The number of quaternary nitrogens is 1. The van der Waals surface area contributed by atoms with Gasteiger partial charge >= 0.3 is 0 Å². The zero-order valence-electron chi connectivity index (χ0n) is 13.1. The van der Waals surface area contributed by atoms with E-state index in [4.69, 9.17) is 23.2 Å². The predicted molar refractivity (Wildman–Crippen MR) is 89.6 cm³/mol. The molecule has 0 spiro atoms. The van der Waals surface area contributed by atoms with Gasteiger partial charge in [0.15, 0.2) is 13.1 Å². The molecule has 2 N–H and O–H groups in total. The van der Waals surface area contributed by atoms with Gasteiger partial charge in [0, 0.05) is 13.1 Å². The maximum atomic E-state index is 12.0. The van der Waals surface area contributed by atoms with Crippen LogP contribution >= 0.6 is 23.2 Å². The lowest BCUT2D eigenvalue weighted by molar-refractivity contribution is -0.862. The van der Waals surface area contributed by atoms with Crippen molar-refractivity contribution in [2.75, 3.05) is 38.5 Å². The molecule has 0 aliphatic heterocycles. The average molecular weight is 347 g/mol. The molecule has 1 rings (SSSR count). The van der Waals surface area contributed by atoms with E-state index in [9.17, 15) is 9.59 Å². The Bertz CT molecular complexity index is 513. The smallest absolute Gasteiger partial charge is 0.279 e. The van der Waals surface area contributed by atoms with Gasteiger partial charge in [0.2, 0.25) is 0 Å². The van der Waals surface area contributed by atoms with E-state index in [1.807, 2.05) is 13.8 Å². The summed E-state index contributed by atoms with van der Waals surface area (Å²) in [5.41, 5.74) is 0.402. The molecule has 0 bridgehead atoms. The minimum absolute atomic E-state index is 0.0334. The van der Waals surface area contributed by atoms with Crippen LogP contribution in [-0.2, 0) is 9.59 Å². The number of benzene rings is 1. The van der Waals surface area contributed by atoms with Crippen molar-refractivity contribution in [3.8, 4) is 0 Å². The van der Waals surface area contributed by atoms with E-state index in [-0.39, 0.29) is 24.9 Å². The fraction of sp³-hybridized carbons (Fsp3) is 0.467. The summed E-state index contributed by atoms with van der Waals surface area (Å²) in [6.45, 7) is 5.64. The summed E-state index contributed by atoms with van der Waals surface area (Å²) < 4.78 is 0. The Balaban J connectivity index is 2.56. The number of amides is 2. The van der Waals surface area contributed by atoms with Crippen molar-refractivity contribution in [3.05, 3.63) is 28.2 Å². The van der Waals surface area contributed by atoms with E-state index >= 15 is 0 Å². The Morgan fingerprint density at radius 1 is 1.14 bits per heavy atom. The molecule has 7 heteroatoms. The predicted octanol–water partition coefficient (Wildman–Crippen LogP) is 1.31. The fourth-order valence-electron chi connectivity index (χ4n) is 2.08. The maximum Gasteiger partial charge on any atom is 0.279 e. The van der Waals surface area contributed by atoms with Gasteiger partial charge in [0.25, 0.3) is 11.8 Å². The number of rotatable bonds is 7. The Morgan fingerprint density at radius 3 is 2.18 bits per heavy atom. The van der Waals surface area contributed by atoms with Crippen molar-refractivity contribution in [2.24, 2.45) is 0 Å². The van der Waals surface area contributed by atoms with Crippen molar-refractivity contribution < 1.29 is 14.5 Å². The summed E-state index contributed by atoms with van der Waals surface area (Å²) in [5, 5.41) is 3.46. The van der Waals surface area contributed by atoms with E-state index in [1.165, 1.54) is 0 Å². The third-order valence-electron chi connectivity index (χ3n) is 3.26. The highest BCUT2D eigenvalue weighted by Gasteiger charge is 2.18. The average Bonchev–Trinajstić information content (AvgIpc) is 2.44. The van der Waals surface area contributed by atoms with Crippen molar-refractivity contribution >= 4 is 40.7 Å². The molecule has 0 saturated heterocycles. The zero-order valence-corrected chi connectivity index (χ0v) is 14.6. The van der Waals surface area contributed by atoms with Gasteiger partial charge in [0.05, 0.1) is 22.8 Å². The summed E-state index contributed by atoms with van der Waals surface area (Å²) in [6.07, 6.45) is 0. The lowest BCUT2D eigenvalue weighted by Crippen LogP contribution is -3.11. The number of nitrogens with one attached hydrogen (secondary N) is 2. The van der Waals surface area contributed by atoms with Crippen LogP contribution in [0, 0.1) is 0 Å². The number of carbonyl (C=O) groups excluding carboxylic acids is 2. The molecular weight excluding hydrogens is 325 g/mol. The van der Waals surface area contributed by atoms with Gasteiger partial charge in [-0.05, 0) is 26.0 Å². The summed E-state index contributed by atoms with van der Waals surface area (Å²) in [4.78, 5) is 26.6. The molecule has 1 unspecified atom stereocenters. The molecule has 0 saturated carbocycles. The first-order valence-electron chi connectivity index (χ1n) is 7.21. The van der Waals surface area contributed by atoms with Crippen LogP contribution in [0.3, 0.4) is 0 Å². The zero-order chi connectivity index (χ0) is 16.7. The first-order chi connectivity index (χ1) is 10.4. The van der Waals surface area contributed by atoms with Crippen molar-refractivity contribution in [1.82, 2.24) is 4.90 Å². The van der Waals surface area contributed by atoms with Crippen LogP contribution in [0.5, 0.6) is 0 Å². The molecule has 0 heterocycles. The van der Waals surface area contributed by atoms with Gasteiger partial charge in [-0.3, -0.25) is 9.59 Å². The lowest BCUT2D eigenvalue weighted by atomic mass is 10.3. The number of para-hydroxylation sites is 1. The molecule has 1 aromatic rings. The van der Waals surface area contributed by atoms with Crippen LogP contribution in [0.4, 0.5) is 5.69 Å². The molecule has 122 valence electrons. The molecule has 2 amide bonds. The quantitative estimate of drug-likeness (QED) is 0.782. The molecule has 22 heavy (non-hydrogen) atoms. The SMILES string of the molecule is CCN(CC)C(=O)C[NH+](C)CC(=O)Nc1c(Cl)cccc1Cl. The minimum Gasteiger partial charge on any atom is -0.338 e. The van der Waals surface area contributed by atoms with E-state index in [0.29, 0.717) is 28.8 Å². The molecule has 0 aromatic heterocycles. The van der Waals surface area contributed by atoms with Crippen LogP contribution < -0.4 is 10.2 Å². The van der Waals surface area contributed by atoms with Crippen LogP contribution in [0.15, 0.2) is 18.2 Å². The Morgan fingerprint density at radius 2 is 1.68 bits per heavy atom. The number of likely N-dealkylation sites (N-methyl/N-ethyl adjacent to an activating group) is 2. The van der Waals surface area contributed by atoms with Crippen molar-refractivity contribution in [1.29, 1.82) is 0 Å². The molecule has 5 nitrogen and oxygen atoms in total. The van der Waals surface area contributed by atoms with Crippen LogP contribution in [0.25, 0.3) is 0 Å². The molecule has 0 fully saturated rings. The van der Waals surface area contributed by atoms with E-state index < -0.39 is 0 Å². The van der Waals surface area contributed by atoms with Crippen molar-refractivity contribution in [2.45, 2.75) is 13.8 Å². The van der Waals surface area contributed by atoms with Crippen LogP contribution in [-0.4, -0.2) is 49.9 Å². The van der Waals surface area contributed by atoms with Gasteiger partial charge in [-0.25, -0.2) is 0 Å². The second-order valence-corrected chi connectivity index (χ2v) is 5.84. The van der Waals surface area contributed by atoms with Gasteiger partial charge in [-0.2, -0.15) is 0 Å². The Kier molecular flexibility index (Phi) is 7.65. The highest BCUT2D eigenvalue weighted by molar-refractivity contribution is 6.39. The fourth-order valence-corrected chi connectivity index (χ4v) is 2.58. The van der Waals surface area contributed by atoms with Gasteiger partial charge in [0.1, 0.15) is 0 Å². The summed E-state index contributed by atoms with van der Waals surface area (Å²) in [5.74, 6) is -0.203. The highest BCUT2D eigenvalue weighted by Crippen LogP contribution is 2.29. The summed E-state index contributed by atoms with van der Waals surface area (Å²) in [7, 11) is 1.80.